The maximum atomic E-state index is 6.44. The number of nitrogens with zero attached hydrogens (tertiary/aromatic N) is 2. The van der Waals surface area contributed by atoms with Crippen LogP contribution in [0.1, 0.15) is 35.4 Å². The van der Waals surface area contributed by atoms with Gasteiger partial charge in [0.15, 0.2) is 0 Å². The average molecular weight is 490 g/mol. The first-order chi connectivity index (χ1) is 15.2. The fourth-order valence-electron chi connectivity index (χ4n) is 4.48. The summed E-state index contributed by atoms with van der Waals surface area (Å²) in [6, 6.07) is 29.1. The summed E-state index contributed by atoms with van der Waals surface area (Å²) in [5, 5.41) is 10.3. The Labute approximate surface area is 194 Å². The van der Waals surface area contributed by atoms with Gasteiger partial charge in [0.1, 0.15) is 5.75 Å². The summed E-state index contributed by atoms with van der Waals surface area (Å²) >= 11 is 9.93. The molecule has 0 spiro atoms. The minimum atomic E-state index is -0.297. The summed E-state index contributed by atoms with van der Waals surface area (Å²) in [5.74, 6) is 0.866. The first-order valence-corrected chi connectivity index (χ1v) is 11.4. The number of rotatable bonds is 2. The summed E-state index contributed by atoms with van der Waals surface area (Å²) in [6.07, 6.45) is 0.508. The van der Waals surface area contributed by atoms with Crippen LogP contribution >= 0.6 is 27.5 Å². The van der Waals surface area contributed by atoms with Gasteiger partial charge in [-0.05, 0) is 52.7 Å². The van der Waals surface area contributed by atoms with Crippen molar-refractivity contribution in [2.45, 2.75) is 18.7 Å². The molecular weight excluding hydrogens is 472 g/mol. The van der Waals surface area contributed by atoms with Crippen molar-refractivity contribution in [3.8, 4) is 5.75 Å². The van der Waals surface area contributed by atoms with Crippen LogP contribution in [0, 0.1) is 0 Å². The number of halogens is 2. The third kappa shape index (κ3) is 3.31. The van der Waals surface area contributed by atoms with Crippen LogP contribution in [-0.2, 0) is 0 Å². The molecule has 5 heteroatoms. The Bertz CT molecular complexity index is 1350. The van der Waals surface area contributed by atoms with E-state index in [0.717, 1.165) is 39.0 Å². The molecule has 0 fully saturated rings. The van der Waals surface area contributed by atoms with Crippen LogP contribution in [0.4, 0.5) is 0 Å². The Morgan fingerprint density at radius 2 is 1.77 bits per heavy atom. The molecule has 0 saturated heterocycles. The van der Waals surface area contributed by atoms with E-state index in [1.807, 2.05) is 30.3 Å². The normalized spacial score (nSPS) is 19.5. The van der Waals surface area contributed by atoms with Gasteiger partial charge in [-0.25, -0.2) is 5.01 Å². The fourth-order valence-corrected chi connectivity index (χ4v) is 5.08. The molecule has 0 unspecified atom stereocenters. The van der Waals surface area contributed by atoms with Gasteiger partial charge in [-0.3, -0.25) is 0 Å². The molecule has 0 aromatic heterocycles. The van der Waals surface area contributed by atoms with Gasteiger partial charge in [-0.2, -0.15) is 5.10 Å². The molecule has 6 rings (SSSR count). The van der Waals surface area contributed by atoms with Gasteiger partial charge in [0.05, 0.1) is 11.8 Å². The Morgan fingerprint density at radius 3 is 2.65 bits per heavy atom. The molecule has 0 saturated carbocycles. The van der Waals surface area contributed by atoms with Crippen molar-refractivity contribution in [2.75, 3.05) is 0 Å². The molecule has 2 aliphatic heterocycles. The number of benzene rings is 4. The van der Waals surface area contributed by atoms with Crippen molar-refractivity contribution in [1.82, 2.24) is 5.01 Å². The molecule has 2 aliphatic rings. The smallest absolute Gasteiger partial charge is 0.213 e. The van der Waals surface area contributed by atoms with E-state index in [2.05, 4.69) is 75.5 Å². The highest BCUT2D eigenvalue weighted by Gasteiger charge is 2.41. The van der Waals surface area contributed by atoms with Gasteiger partial charge in [-0.15, -0.1) is 0 Å². The van der Waals surface area contributed by atoms with E-state index in [1.165, 1.54) is 10.8 Å². The summed E-state index contributed by atoms with van der Waals surface area (Å²) in [5.41, 5.74) is 4.35. The summed E-state index contributed by atoms with van der Waals surface area (Å²) < 4.78 is 7.45. The van der Waals surface area contributed by atoms with Crippen molar-refractivity contribution < 1.29 is 4.74 Å². The molecule has 0 radical (unpaired) electrons. The molecule has 0 aliphatic carbocycles. The molecule has 0 N–H and O–H groups in total. The molecular formula is C26H18BrClN2O. The number of hydrogen-bond acceptors (Lipinski definition) is 3. The van der Waals surface area contributed by atoms with Gasteiger partial charge in [-0.1, -0.05) is 76.1 Å². The topological polar surface area (TPSA) is 24.8 Å². The average Bonchev–Trinajstić information content (AvgIpc) is 3.24. The number of ether oxygens (including phenoxy) is 1. The Kier molecular flexibility index (Phi) is 4.51. The van der Waals surface area contributed by atoms with E-state index in [1.54, 1.807) is 0 Å². The predicted octanol–water partition coefficient (Wildman–Crippen LogP) is 7.50. The van der Waals surface area contributed by atoms with E-state index in [4.69, 9.17) is 21.4 Å². The van der Waals surface area contributed by atoms with Gasteiger partial charge >= 0.3 is 0 Å². The lowest BCUT2D eigenvalue weighted by Crippen LogP contribution is -2.33. The second-order valence-corrected chi connectivity index (χ2v) is 9.27. The fraction of sp³-hybridized carbons (Fsp3) is 0.115. The second-order valence-electron chi connectivity index (χ2n) is 7.92. The van der Waals surface area contributed by atoms with Crippen LogP contribution in [0.15, 0.2) is 94.5 Å². The van der Waals surface area contributed by atoms with Crippen LogP contribution < -0.4 is 4.74 Å². The van der Waals surface area contributed by atoms with E-state index >= 15 is 0 Å². The number of hydrazone groups is 1. The Hall–Kier alpha value is -2.82. The Balaban J connectivity index is 1.46. The molecule has 0 bridgehead atoms. The first kappa shape index (κ1) is 18.9. The maximum absolute atomic E-state index is 6.44. The summed E-state index contributed by atoms with van der Waals surface area (Å²) in [6.45, 7) is 0. The lowest BCUT2D eigenvalue weighted by molar-refractivity contribution is -0.0190. The van der Waals surface area contributed by atoms with Crippen LogP contribution in [0.3, 0.4) is 0 Å². The van der Waals surface area contributed by atoms with Crippen molar-refractivity contribution in [3.05, 3.63) is 111 Å². The van der Waals surface area contributed by atoms with Gasteiger partial charge in [0.25, 0.3) is 0 Å². The highest BCUT2D eigenvalue weighted by molar-refractivity contribution is 9.10. The summed E-state index contributed by atoms with van der Waals surface area (Å²) in [4.78, 5) is 0. The zero-order valence-corrected chi connectivity index (χ0v) is 18.8. The zero-order chi connectivity index (χ0) is 20.9. The standard InChI is InChI=1S/C26H18BrClN2O/c27-20-7-3-6-19(13-20)26-30-24(22-14-21(28)10-11-25(22)31-26)15-23(29-30)18-9-8-16-4-1-2-5-17(16)12-18/h1-14,24,26H,15H2/t24-,26-/m1/s1. The number of fused-ring (bicyclic) bond motifs is 4. The molecule has 4 aromatic rings. The molecule has 152 valence electrons. The largest absolute Gasteiger partial charge is 0.464 e. The molecule has 2 atom stereocenters. The third-order valence-corrected chi connectivity index (χ3v) is 6.70. The third-order valence-electron chi connectivity index (χ3n) is 5.97. The van der Waals surface area contributed by atoms with E-state index in [9.17, 15) is 0 Å². The highest BCUT2D eigenvalue weighted by atomic mass is 79.9. The molecule has 4 aromatic carbocycles. The quantitative estimate of drug-likeness (QED) is 0.291. The molecule has 0 amide bonds. The van der Waals surface area contributed by atoms with Gasteiger partial charge in [0, 0.05) is 27.0 Å². The highest BCUT2D eigenvalue weighted by Crippen LogP contribution is 2.48. The van der Waals surface area contributed by atoms with Crippen LogP contribution in [0.2, 0.25) is 5.02 Å². The first-order valence-electron chi connectivity index (χ1n) is 10.2. The van der Waals surface area contributed by atoms with E-state index in [-0.39, 0.29) is 12.3 Å². The van der Waals surface area contributed by atoms with E-state index in [0.29, 0.717) is 5.02 Å². The van der Waals surface area contributed by atoms with Gasteiger partial charge in [0.2, 0.25) is 6.23 Å². The molecule has 2 heterocycles. The zero-order valence-electron chi connectivity index (χ0n) is 16.5. The van der Waals surface area contributed by atoms with Crippen molar-refractivity contribution >= 4 is 44.0 Å². The maximum Gasteiger partial charge on any atom is 0.213 e. The molecule has 3 nitrogen and oxygen atoms in total. The van der Waals surface area contributed by atoms with Crippen molar-refractivity contribution in [1.29, 1.82) is 0 Å². The minimum Gasteiger partial charge on any atom is -0.464 e. The van der Waals surface area contributed by atoms with E-state index < -0.39 is 0 Å². The Morgan fingerprint density at radius 1 is 0.903 bits per heavy atom. The second kappa shape index (κ2) is 7.40. The minimum absolute atomic E-state index is 0.0768. The lowest BCUT2D eigenvalue weighted by Gasteiger charge is -2.38. The summed E-state index contributed by atoms with van der Waals surface area (Å²) in [7, 11) is 0. The monoisotopic (exact) mass is 488 g/mol. The van der Waals surface area contributed by atoms with Gasteiger partial charge < -0.3 is 4.74 Å². The van der Waals surface area contributed by atoms with Crippen LogP contribution in [0.25, 0.3) is 10.8 Å². The predicted molar refractivity (Wildman–Crippen MR) is 129 cm³/mol. The lowest BCUT2D eigenvalue weighted by atomic mass is 9.95. The SMILES string of the molecule is Clc1ccc2c(c1)[C@H]1CC(c3ccc4ccccc4c3)=NN1[C@@H](c1cccc(Br)c1)O2. The number of hydrogen-bond donors (Lipinski definition) is 0. The van der Waals surface area contributed by atoms with Crippen LogP contribution in [0.5, 0.6) is 5.75 Å². The van der Waals surface area contributed by atoms with Crippen LogP contribution in [-0.4, -0.2) is 10.7 Å². The van der Waals surface area contributed by atoms with Crippen molar-refractivity contribution in [2.24, 2.45) is 5.10 Å². The molecule has 31 heavy (non-hydrogen) atoms. The van der Waals surface area contributed by atoms with Crippen molar-refractivity contribution in [3.63, 3.8) is 0 Å².